The molecule has 0 N–H and O–H groups in total. The van der Waals surface area contributed by atoms with Crippen molar-refractivity contribution in [1.82, 2.24) is 0 Å². The van der Waals surface area contributed by atoms with Crippen LogP contribution in [0.15, 0.2) is 24.3 Å². The fourth-order valence-electron chi connectivity index (χ4n) is 3.06. The highest BCUT2D eigenvalue weighted by molar-refractivity contribution is 5.34. The molecule has 18 heavy (non-hydrogen) atoms. The fourth-order valence-corrected chi connectivity index (χ4v) is 3.06. The number of benzene rings is 1. The predicted octanol–water partition coefficient (Wildman–Crippen LogP) is 4.67. The van der Waals surface area contributed by atoms with Gasteiger partial charge in [-0.15, -0.1) is 0 Å². The van der Waals surface area contributed by atoms with Crippen LogP contribution in [0.5, 0.6) is 0 Å². The highest BCUT2D eigenvalue weighted by Crippen LogP contribution is 2.37. The number of nitrogens with zero attached hydrogens (tertiary/aromatic N) is 1. The second-order valence-corrected chi connectivity index (χ2v) is 5.35. The molecule has 0 saturated heterocycles. The molecular weight excluding hydrogens is 226 g/mol. The maximum Gasteiger partial charge on any atom is 0.269 e. The highest BCUT2D eigenvalue weighted by Gasteiger charge is 2.22. The molecule has 1 saturated carbocycles. The SMILES string of the molecule is CCCC1CCC(c2ccc([N+](=O)[O-])cc2)CC1. The van der Waals surface area contributed by atoms with E-state index in [1.165, 1.54) is 44.1 Å². The normalized spacial score (nSPS) is 23.8. The zero-order chi connectivity index (χ0) is 13.0. The highest BCUT2D eigenvalue weighted by atomic mass is 16.6. The van der Waals surface area contributed by atoms with Gasteiger partial charge in [0.1, 0.15) is 0 Å². The van der Waals surface area contributed by atoms with Crippen molar-refractivity contribution in [2.24, 2.45) is 5.92 Å². The van der Waals surface area contributed by atoms with E-state index in [0.717, 1.165) is 5.92 Å². The van der Waals surface area contributed by atoms with E-state index in [0.29, 0.717) is 5.92 Å². The van der Waals surface area contributed by atoms with Crippen LogP contribution in [-0.4, -0.2) is 4.92 Å². The Morgan fingerprint density at radius 3 is 2.28 bits per heavy atom. The van der Waals surface area contributed by atoms with Gasteiger partial charge in [-0.2, -0.15) is 0 Å². The van der Waals surface area contributed by atoms with Crippen molar-refractivity contribution in [2.45, 2.75) is 51.4 Å². The molecule has 3 heteroatoms. The van der Waals surface area contributed by atoms with Crippen molar-refractivity contribution in [3.63, 3.8) is 0 Å². The van der Waals surface area contributed by atoms with Gasteiger partial charge < -0.3 is 0 Å². The van der Waals surface area contributed by atoms with Crippen LogP contribution in [0, 0.1) is 16.0 Å². The summed E-state index contributed by atoms with van der Waals surface area (Å²) >= 11 is 0. The average molecular weight is 247 g/mol. The minimum atomic E-state index is -0.331. The Morgan fingerprint density at radius 2 is 1.78 bits per heavy atom. The molecule has 0 radical (unpaired) electrons. The molecule has 1 aromatic rings. The third kappa shape index (κ3) is 3.09. The Morgan fingerprint density at radius 1 is 1.17 bits per heavy atom. The van der Waals surface area contributed by atoms with Gasteiger partial charge >= 0.3 is 0 Å². The molecule has 1 aliphatic rings. The van der Waals surface area contributed by atoms with Crippen molar-refractivity contribution >= 4 is 5.69 Å². The first-order chi connectivity index (χ1) is 8.70. The summed E-state index contributed by atoms with van der Waals surface area (Å²) in [5.74, 6) is 1.52. The van der Waals surface area contributed by atoms with E-state index < -0.39 is 0 Å². The first-order valence-electron chi connectivity index (χ1n) is 6.95. The largest absolute Gasteiger partial charge is 0.269 e. The number of nitro benzene ring substituents is 1. The molecule has 0 aromatic heterocycles. The van der Waals surface area contributed by atoms with Gasteiger partial charge in [0.25, 0.3) is 5.69 Å². The Kier molecular flexibility index (Phi) is 4.34. The molecule has 0 unspecified atom stereocenters. The van der Waals surface area contributed by atoms with E-state index in [9.17, 15) is 10.1 Å². The number of hydrogen-bond donors (Lipinski definition) is 0. The van der Waals surface area contributed by atoms with Crippen molar-refractivity contribution in [2.75, 3.05) is 0 Å². The summed E-state index contributed by atoms with van der Waals surface area (Å²) in [6.07, 6.45) is 7.75. The quantitative estimate of drug-likeness (QED) is 0.573. The molecule has 0 atom stereocenters. The third-order valence-corrected chi connectivity index (χ3v) is 4.12. The minimum Gasteiger partial charge on any atom is -0.258 e. The van der Waals surface area contributed by atoms with Crippen molar-refractivity contribution in [3.05, 3.63) is 39.9 Å². The van der Waals surface area contributed by atoms with E-state index in [1.54, 1.807) is 12.1 Å². The number of rotatable bonds is 4. The first-order valence-corrected chi connectivity index (χ1v) is 6.95. The van der Waals surface area contributed by atoms with E-state index in [1.807, 2.05) is 12.1 Å². The molecule has 98 valence electrons. The van der Waals surface area contributed by atoms with Gasteiger partial charge in [0.2, 0.25) is 0 Å². The molecular formula is C15H21NO2. The third-order valence-electron chi connectivity index (χ3n) is 4.12. The predicted molar refractivity (Wildman–Crippen MR) is 72.7 cm³/mol. The number of hydrogen-bond acceptors (Lipinski definition) is 2. The van der Waals surface area contributed by atoms with Crippen molar-refractivity contribution in [3.8, 4) is 0 Å². The second kappa shape index (κ2) is 5.98. The maximum atomic E-state index is 10.6. The Hall–Kier alpha value is -1.38. The monoisotopic (exact) mass is 247 g/mol. The molecule has 1 aromatic carbocycles. The Labute approximate surface area is 108 Å². The van der Waals surface area contributed by atoms with E-state index in [-0.39, 0.29) is 10.6 Å². The lowest BCUT2D eigenvalue weighted by Gasteiger charge is -2.28. The summed E-state index contributed by atoms with van der Waals surface area (Å²) in [7, 11) is 0. The van der Waals surface area contributed by atoms with E-state index >= 15 is 0 Å². The molecule has 0 heterocycles. The van der Waals surface area contributed by atoms with Crippen LogP contribution >= 0.6 is 0 Å². The fraction of sp³-hybridized carbons (Fsp3) is 0.600. The minimum absolute atomic E-state index is 0.193. The maximum absolute atomic E-state index is 10.6. The van der Waals surface area contributed by atoms with E-state index in [2.05, 4.69) is 6.92 Å². The lowest BCUT2D eigenvalue weighted by Crippen LogP contribution is -2.13. The van der Waals surface area contributed by atoms with Gasteiger partial charge in [-0.1, -0.05) is 31.9 Å². The summed E-state index contributed by atoms with van der Waals surface area (Å²) in [6, 6.07) is 7.13. The van der Waals surface area contributed by atoms with Crippen LogP contribution < -0.4 is 0 Å². The number of non-ortho nitro benzene ring substituents is 1. The van der Waals surface area contributed by atoms with Crippen molar-refractivity contribution in [1.29, 1.82) is 0 Å². The van der Waals surface area contributed by atoms with Gasteiger partial charge in [-0.3, -0.25) is 10.1 Å². The van der Waals surface area contributed by atoms with Crippen LogP contribution in [-0.2, 0) is 0 Å². The zero-order valence-corrected chi connectivity index (χ0v) is 11.0. The molecule has 1 fully saturated rings. The van der Waals surface area contributed by atoms with Gasteiger partial charge in [-0.25, -0.2) is 0 Å². The smallest absolute Gasteiger partial charge is 0.258 e. The Bertz CT molecular complexity index is 391. The van der Waals surface area contributed by atoms with Crippen molar-refractivity contribution < 1.29 is 4.92 Å². The van der Waals surface area contributed by atoms with Crippen LogP contribution in [0.1, 0.15) is 56.9 Å². The average Bonchev–Trinajstić information content (AvgIpc) is 2.40. The van der Waals surface area contributed by atoms with Crippen LogP contribution in [0.4, 0.5) is 5.69 Å². The number of nitro groups is 1. The second-order valence-electron chi connectivity index (χ2n) is 5.35. The Balaban J connectivity index is 1.95. The first kappa shape index (κ1) is 13.1. The molecule has 0 amide bonds. The summed E-state index contributed by atoms with van der Waals surface area (Å²) in [5, 5.41) is 10.6. The van der Waals surface area contributed by atoms with Crippen LogP contribution in [0.2, 0.25) is 0 Å². The summed E-state index contributed by atoms with van der Waals surface area (Å²) in [4.78, 5) is 10.3. The molecule has 1 aliphatic carbocycles. The summed E-state index contributed by atoms with van der Waals surface area (Å²) < 4.78 is 0. The molecule has 3 nitrogen and oxygen atoms in total. The zero-order valence-electron chi connectivity index (χ0n) is 11.0. The lowest BCUT2D eigenvalue weighted by atomic mass is 9.77. The van der Waals surface area contributed by atoms with Crippen LogP contribution in [0.25, 0.3) is 0 Å². The summed E-state index contributed by atoms with van der Waals surface area (Å²) in [6.45, 7) is 2.25. The molecule has 0 bridgehead atoms. The van der Waals surface area contributed by atoms with Gasteiger partial charge in [0, 0.05) is 12.1 Å². The molecule has 0 aliphatic heterocycles. The summed E-state index contributed by atoms with van der Waals surface area (Å²) in [5.41, 5.74) is 1.47. The van der Waals surface area contributed by atoms with Gasteiger partial charge in [0.05, 0.1) is 4.92 Å². The topological polar surface area (TPSA) is 43.1 Å². The molecule has 0 spiro atoms. The van der Waals surface area contributed by atoms with Gasteiger partial charge in [-0.05, 0) is 43.1 Å². The van der Waals surface area contributed by atoms with E-state index in [4.69, 9.17) is 0 Å². The standard InChI is InChI=1S/C15H21NO2/c1-2-3-12-4-6-13(7-5-12)14-8-10-15(11-9-14)16(17)18/h8-13H,2-7H2,1H3. The van der Waals surface area contributed by atoms with Crippen LogP contribution in [0.3, 0.4) is 0 Å². The molecule has 2 rings (SSSR count). The van der Waals surface area contributed by atoms with Gasteiger partial charge in [0.15, 0.2) is 0 Å². The lowest BCUT2D eigenvalue weighted by molar-refractivity contribution is -0.384.